The third-order valence-corrected chi connectivity index (χ3v) is 7.96. The van der Waals surface area contributed by atoms with Crippen molar-refractivity contribution in [1.29, 1.82) is 0 Å². The monoisotopic (exact) mass is 480 g/mol. The molecular weight excluding hydrogens is 444 g/mol. The van der Waals surface area contributed by atoms with Gasteiger partial charge in [0.15, 0.2) is 0 Å². The van der Waals surface area contributed by atoms with Crippen LogP contribution in [0.25, 0.3) is 0 Å². The first kappa shape index (κ1) is 25.2. The van der Waals surface area contributed by atoms with Crippen LogP contribution in [0.15, 0.2) is 48.5 Å². The molecule has 1 heterocycles. The van der Waals surface area contributed by atoms with E-state index in [1.165, 1.54) is 18.2 Å². The third-order valence-electron chi connectivity index (χ3n) is 7.96. The molecule has 188 valence electrons. The summed E-state index contributed by atoms with van der Waals surface area (Å²) in [6, 6.07) is 14.0. The fourth-order valence-electron chi connectivity index (χ4n) is 5.81. The molecule has 0 atom stereocenters. The number of rotatable bonds is 6. The number of nitro groups is 1. The van der Waals surface area contributed by atoms with Crippen molar-refractivity contribution in [2.45, 2.75) is 89.0 Å². The van der Waals surface area contributed by atoms with Gasteiger partial charge in [-0.1, -0.05) is 30.3 Å². The van der Waals surface area contributed by atoms with Gasteiger partial charge in [0.25, 0.3) is 5.69 Å². The zero-order valence-electron chi connectivity index (χ0n) is 21.4. The molecule has 7 heteroatoms. The average molecular weight is 481 g/mol. The number of hydrogen-bond acceptors (Lipinski definition) is 6. The molecule has 4 rings (SSSR count). The lowest BCUT2D eigenvalue weighted by Gasteiger charge is -2.53. The van der Waals surface area contributed by atoms with E-state index in [4.69, 9.17) is 9.47 Å². The smallest absolute Gasteiger partial charge is 0.343 e. The molecule has 0 spiro atoms. The van der Waals surface area contributed by atoms with Gasteiger partial charge in [-0.2, -0.15) is 0 Å². The van der Waals surface area contributed by atoms with Gasteiger partial charge in [-0.15, -0.1) is 0 Å². The van der Waals surface area contributed by atoms with E-state index in [-0.39, 0.29) is 28.4 Å². The van der Waals surface area contributed by atoms with Crippen LogP contribution in [0.2, 0.25) is 0 Å². The Kier molecular flexibility index (Phi) is 6.66. The summed E-state index contributed by atoms with van der Waals surface area (Å²) in [5.74, 6) is -0.246. The molecule has 2 fully saturated rings. The van der Waals surface area contributed by atoms with Crippen LogP contribution in [0.1, 0.15) is 82.1 Å². The first-order valence-electron chi connectivity index (χ1n) is 12.4. The predicted molar refractivity (Wildman–Crippen MR) is 135 cm³/mol. The second-order valence-corrected chi connectivity index (χ2v) is 11.2. The minimum Gasteiger partial charge on any atom is -0.489 e. The molecule has 1 aliphatic carbocycles. The Morgan fingerprint density at radius 1 is 1.00 bits per heavy atom. The fourth-order valence-corrected chi connectivity index (χ4v) is 5.81. The molecule has 35 heavy (non-hydrogen) atoms. The number of hydrogen-bond donors (Lipinski definition) is 0. The van der Waals surface area contributed by atoms with E-state index in [0.29, 0.717) is 5.75 Å². The van der Waals surface area contributed by atoms with E-state index < -0.39 is 16.5 Å². The van der Waals surface area contributed by atoms with Gasteiger partial charge in [-0.25, -0.2) is 4.79 Å². The van der Waals surface area contributed by atoms with Crippen LogP contribution in [-0.4, -0.2) is 40.0 Å². The van der Waals surface area contributed by atoms with Gasteiger partial charge in [0.2, 0.25) is 0 Å². The van der Waals surface area contributed by atoms with Gasteiger partial charge in [-0.05, 0) is 72.1 Å². The van der Waals surface area contributed by atoms with Gasteiger partial charge in [0, 0.05) is 36.1 Å². The SMILES string of the molecule is CN1C(C)(C)CC(Oc2ccc([N+](=O)[O-])cc2C(=O)OC2(c3ccccc3)CCCC2)CC1(C)C. The Morgan fingerprint density at radius 3 is 2.17 bits per heavy atom. The Hall–Kier alpha value is -2.93. The lowest BCUT2D eigenvalue weighted by molar-refractivity contribution is -0.384. The molecule has 0 amide bonds. The molecule has 0 radical (unpaired) electrons. The van der Waals surface area contributed by atoms with Crippen molar-refractivity contribution in [3.8, 4) is 5.75 Å². The van der Waals surface area contributed by atoms with Crippen molar-refractivity contribution in [2.24, 2.45) is 0 Å². The van der Waals surface area contributed by atoms with E-state index in [9.17, 15) is 14.9 Å². The molecule has 1 saturated carbocycles. The van der Waals surface area contributed by atoms with Crippen LogP contribution < -0.4 is 4.74 Å². The second-order valence-electron chi connectivity index (χ2n) is 11.2. The topological polar surface area (TPSA) is 81.9 Å². The van der Waals surface area contributed by atoms with Crippen molar-refractivity contribution >= 4 is 11.7 Å². The zero-order chi connectivity index (χ0) is 25.4. The number of nitro benzene ring substituents is 1. The van der Waals surface area contributed by atoms with Crippen molar-refractivity contribution in [2.75, 3.05) is 7.05 Å². The van der Waals surface area contributed by atoms with Crippen molar-refractivity contribution in [1.82, 2.24) is 4.90 Å². The van der Waals surface area contributed by atoms with Gasteiger partial charge in [0.05, 0.1) is 4.92 Å². The summed E-state index contributed by atoms with van der Waals surface area (Å²) in [6.45, 7) is 8.72. The maximum atomic E-state index is 13.6. The van der Waals surface area contributed by atoms with E-state index in [0.717, 1.165) is 44.1 Å². The molecular formula is C28H36N2O5. The highest BCUT2D eigenvalue weighted by atomic mass is 16.6. The largest absolute Gasteiger partial charge is 0.489 e. The van der Waals surface area contributed by atoms with E-state index in [1.54, 1.807) is 0 Å². The molecule has 7 nitrogen and oxygen atoms in total. The molecule has 0 N–H and O–H groups in total. The lowest BCUT2D eigenvalue weighted by atomic mass is 9.78. The molecule has 0 aromatic heterocycles. The molecule has 2 aliphatic rings. The number of esters is 1. The van der Waals surface area contributed by atoms with Gasteiger partial charge < -0.3 is 9.47 Å². The Balaban J connectivity index is 1.66. The van der Waals surface area contributed by atoms with Crippen molar-refractivity contribution < 1.29 is 19.2 Å². The van der Waals surface area contributed by atoms with Crippen molar-refractivity contribution in [3.05, 3.63) is 69.8 Å². The maximum absolute atomic E-state index is 13.6. The van der Waals surface area contributed by atoms with Gasteiger partial charge in [-0.3, -0.25) is 15.0 Å². The highest BCUT2D eigenvalue weighted by Gasteiger charge is 2.45. The highest BCUT2D eigenvalue weighted by molar-refractivity contribution is 5.93. The van der Waals surface area contributed by atoms with Crippen LogP contribution in [0.4, 0.5) is 5.69 Å². The number of carbonyl (C=O) groups is 1. The summed E-state index contributed by atoms with van der Waals surface area (Å²) in [7, 11) is 2.12. The van der Waals surface area contributed by atoms with E-state index >= 15 is 0 Å². The first-order valence-corrected chi connectivity index (χ1v) is 12.4. The van der Waals surface area contributed by atoms with Crippen LogP contribution in [0.5, 0.6) is 5.75 Å². The Labute approximate surface area is 207 Å². The van der Waals surface area contributed by atoms with Crippen LogP contribution in [-0.2, 0) is 10.3 Å². The van der Waals surface area contributed by atoms with Crippen molar-refractivity contribution in [3.63, 3.8) is 0 Å². The highest BCUT2D eigenvalue weighted by Crippen LogP contribution is 2.44. The number of non-ortho nitro benzene ring substituents is 1. The van der Waals surface area contributed by atoms with Crippen LogP contribution >= 0.6 is 0 Å². The fraction of sp³-hybridized carbons (Fsp3) is 0.536. The number of nitrogens with zero attached hydrogens (tertiary/aromatic N) is 2. The minimum absolute atomic E-state index is 0.102. The van der Waals surface area contributed by atoms with Gasteiger partial charge >= 0.3 is 5.97 Å². The molecule has 1 aliphatic heterocycles. The Morgan fingerprint density at radius 2 is 1.60 bits per heavy atom. The average Bonchev–Trinajstić information content (AvgIpc) is 3.27. The standard InChI is InChI=1S/C28H36N2O5/c1-26(2)18-22(19-27(3,4)29(26)5)34-24-14-13-21(30(32)33)17-23(24)25(31)35-28(15-9-10-16-28)20-11-7-6-8-12-20/h6-8,11-14,17,22H,9-10,15-16,18-19H2,1-5H3. The molecule has 2 aromatic rings. The number of piperidine rings is 1. The summed E-state index contributed by atoms with van der Waals surface area (Å²) in [5, 5.41) is 11.5. The molecule has 0 unspecified atom stereocenters. The molecule has 0 bridgehead atoms. The second kappa shape index (κ2) is 9.26. The van der Waals surface area contributed by atoms with E-state index in [2.05, 4.69) is 39.6 Å². The maximum Gasteiger partial charge on any atom is 0.343 e. The van der Waals surface area contributed by atoms with Gasteiger partial charge in [0.1, 0.15) is 23.0 Å². The lowest BCUT2D eigenvalue weighted by Crippen LogP contribution is -2.60. The summed E-state index contributed by atoms with van der Waals surface area (Å²) in [4.78, 5) is 27.0. The quantitative estimate of drug-likeness (QED) is 0.276. The van der Waals surface area contributed by atoms with E-state index in [1.807, 2.05) is 30.3 Å². The zero-order valence-corrected chi connectivity index (χ0v) is 21.4. The predicted octanol–water partition coefficient (Wildman–Crippen LogP) is 6.25. The third kappa shape index (κ3) is 5.06. The number of carbonyl (C=O) groups excluding carboxylic acids is 1. The van der Waals surface area contributed by atoms with Crippen LogP contribution in [0.3, 0.4) is 0 Å². The number of benzene rings is 2. The number of likely N-dealkylation sites (tertiary alicyclic amines) is 1. The Bertz CT molecular complexity index is 1070. The summed E-state index contributed by atoms with van der Waals surface area (Å²) in [6.07, 6.45) is 4.77. The molecule has 2 aromatic carbocycles. The minimum atomic E-state index is -0.724. The van der Waals surface area contributed by atoms with Crippen LogP contribution in [0, 0.1) is 10.1 Å². The summed E-state index contributed by atoms with van der Waals surface area (Å²) in [5.41, 5.74) is -0.0240. The first-order chi connectivity index (χ1) is 16.4. The molecule has 1 saturated heterocycles. The number of ether oxygens (including phenoxy) is 2. The summed E-state index contributed by atoms with van der Waals surface area (Å²) >= 11 is 0. The normalized spacial score (nSPS) is 21.4. The summed E-state index contributed by atoms with van der Waals surface area (Å²) < 4.78 is 12.6.